The van der Waals surface area contributed by atoms with Gasteiger partial charge >= 0.3 is 11.9 Å². The van der Waals surface area contributed by atoms with Gasteiger partial charge in [-0.05, 0) is 31.6 Å². The second-order valence-corrected chi connectivity index (χ2v) is 7.67. The van der Waals surface area contributed by atoms with E-state index in [-0.39, 0.29) is 10.5 Å². The van der Waals surface area contributed by atoms with E-state index in [1.54, 1.807) is 19.1 Å². The molecule has 1 saturated heterocycles. The molecule has 0 bridgehead atoms. The Balaban J connectivity index is 2.68. The number of sulfonamides is 1. The van der Waals surface area contributed by atoms with Crippen LogP contribution in [-0.2, 0) is 33.9 Å². The number of carbonyl (C=O) groups excluding carboxylic acids is 3. The Kier molecular flexibility index (Phi) is 4.96. The number of carbonyl (C=O) groups is 3. The molecule has 0 N–H and O–H groups in total. The van der Waals surface area contributed by atoms with Crippen LogP contribution in [0.1, 0.15) is 12.5 Å². The summed E-state index contributed by atoms with van der Waals surface area (Å²) >= 11 is 0. The number of hydrogen-bond acceptors (Lipinski definition) is 7. The SMILES string of the molecule is C=C1C(C)N(S(=O)(=O)c2ccc(C)cc2)C(=O)C1(C(=O)OC)C(=O)OC. The number of aryl methyl sites for hydroxylation is 1. The summed E-state index contributed by atoms with van der Waals surface area (Å²) in [5, 5.41) is 0. The van der Waals surface area contributed by atoms with Crippen molar-refractivity contribution in [2.75, 3.05) is 14.2 Å². The van der Waals surface area contributed by atoms with E-state index in [0.29, 0.717) is 4.31 Å². The second kappa shape index (κ2) is 6.56. The van der Waals surface area contributed by atoms with Crippen molar-refractivity contribution < 1.29 is 32.3 Å². The van der Waals surface area contributed by atoms with Gasteiger partial charge in [0.1, 0.15) is 0 Å². The fraction of sp³-hybridized carbons (Fsp3) is 0.353. The van der Waals surface area contributed by atoms with Crippen LogP contribution in [0.3, 0.4) is 0 Å². The van der Waals surface area contributed by atoms with Crippen molar-refractivity contribution in [3.63, 3.8) is 0 Å². The van der Waals surface area contributed by atoms with Gasteiger partial charge in [-0.1, -0.05) is 24.3 Å². The molecule has 9 heteroatoms. The minimum absolute atomic E-state index is 0.151. The largest absolute Gasteiger partial charge is 0.468 e. The molecule has 1 amide bonds. The van der Waals surface area contributed by atoms with Crippen molar-refractivity contribution in [1.82, 2.24) is 4.31 Å². The third kappa shape index (κ3) is 2.50. The lowest BCUT2D eigenvalue weighted by Crippen LogP contribution is -2.49. The van der Waals surface area contributed by atoms with Crippen LogP contribution in [0.2, 0.25) is 0 Å². The maximum Gasteiger partial charge on any atom is 0.337 e. The summed E-state index contributed by atoms with van der Waals surface area (Å²) in [4.78, 5) is 37.5. The Labute approximate surface area is 151 Å². The summed E-state index contributed by atoms with van der Waals surface area (Å²) in [5.74, 6) is -3.75. The van der Waals surface area contributed by atoms with Gasteiger partial charge in [0, 0.05) is 0 Å². The van der Waals surface area contributed by atoms with Gasteiger partial charge in [-0.2, -0.15) is 0 Å². The van der Waals surface area contributed by atoms with Crippen LogP contribution in [0.5, 0.6) is 0 Å². The molecule has 1 aliphatic rings. The minimum atomic E-state index is -4.33. The number of ether oxygens (including phenoxy) is 2. The number of esters is 2. The van der Waals surface area contributed by atoms with Crippen LogP contribution >= 0.6 is 0 Å². The Morgan fingerprint density at radius 2 is 1.58 bits per heavy atom. The lowest BCUT2D eigenvalue weighted by Gasteiger charge is -2.23. The van der Waals surface area contributed by atoms with Gasteiger partial charge in [0.05, 0.1) is 25.2 Å². The smallest absolute Gasteiger partial charge is 0.337 e. The van der Waals surface area contributed by atoms with Crippen molar-refractivity contribution in [2.45, 2.75) is 24.8 Å². The van der Waals surface area contributed by atoms with E-state index in [2.05, 4.69) is 16.1 Å². The van der Waals surface area contributed by atoms with Gasteiger partial charge in [-0.15, -0.1) is 0 Å². The number of nitrogens with zero attached hydrogens (tertiary/aromatic N) is 1. The lowest BCUT2D eigenvalue weighted by molar-refractivity contribution is -0.168. The molecule has 1 aromatic rings. The predicted octanol–water partition coefficient (Wildman–Crippen LogP) is 0.803. The number of amides is 1. The average Bonchev–Trinajstić information content (AvgIpc) is 2.81. The standard InChI is InChI=1S/C17H19NO7S/c1-10-6-8-13(9-7-10)26(22,23)18-12(3)11(2)17(14(18)19,15(20)24-4)16(21)25-5/h6-9,12H,2H2,1,3-5H3. The Bertz CT molecular complexity index is 870. The molecule has 1 fully saturated rings. The fourth-order valence-electron chi connectivity index (χ4n) is 2.90. The van der Waals surface area contributed by atoms with Crippen molar-refractivity contribution in [3.05, 3.63) is 42.0 Å². The molecule has 2 rings (SSSR count). The van der Waals surface area contributed by atoms with Gasteiger partial charge < -0.3 is 9.47 Å². The number of hydrogen-bond donors (Lipinski definition) is 0. The molecule has 0 spiro atoms. The van der Waals surface area contributed by atoms with E-state index < -0.39 is 39.3 Å². The molecule has 140 valence electrons. The van der Waals surface area contributed by atoms with Crippen LogP contribution in [0, 0.1) is 12.3 Å². The van der Waals surface area contributed by atoms with Crippen LogP contribution < -0.4 is 0 Å². The van der Waals surface area contributed by atoms with Gasteiger partial charge in [0.15, 0.2) is 0 Å². The summed E-state index contributed by atoms with van der Waals surface area (Å²) in [7, 11) is -2.37. The zero-order valence-electron chi connectivity index (χ0n) is 14.8. The molecule has 0 radical (unpaired) electrons. The zero-order chi connectivity index (χ0) is 19.9. The van der Waals surface area contributed by atoms with Gasteiger partial charge in [0.2, 0.25) is 0 Å². The van der Waals surface area contributed by atoms with E-state index in [1.807, 2.05) is 0 Å². The van der Waals surface area contributed by atoms with Crippen molar-refractivity contribution in [2.24, 2.45) is 5.41 Å². The molecule has 1 heterocycles. The van der Waals surface area contributed by atoms with Gasteiger partial charge in [-0.25, -0.2) is 22.3 Å². The monoisotopic (exact) mass is 381 g/mol. The van der Waals surface area contributed by atoms with Gasteiger partial charge in [-0.3, -0.25) is 4.79 Å². The Morgan fingerprint density at radius 1 is 1.12 bits per heavy atom. The Hall–Kier alpha value is -2.68. The molecule has 1 aromatic carbocycles. The van der Waals surface area contributed by atoms with E-state index in [1.165, 1.54) is 19.1 Å². The molecule has 26 heavy (non-hydrogen) atoms. The van der Waals surface area contributed by atoms with Crippen LogP contribution in [0.4, 0.5) is 0 Å². The minimum Gasteiger partial charge on any atom is -0.468 e. The number of benzene rings is 1. The summed E-state index contributed by atoms with van der Waals surface area (Å²) in [5.41, 5.74) is -1.95. The molecular formula is C17H19NO7S. The molecule has 8 nitrogen and oxygen atoms in total. The van der Waals surface area contributed by atoms with E-state index in [4.69, 9.17) is 0 Å². The molecule has 0 aromatic heterocycles. The maximum atomic E-state index is 13.0. The first-order chi connectivity index (χ1) is 12.1. The third-order valence-corrected chi connectivity index (χ3v) is 6.29. The van der Waals surface area contributed by atoms with Crippen LogP contribution in [-0.4, -0.2) is 50.8 Å². The molecule has 1 atom stereocenters. The molecule has 0 aliphatic carbocycles. The lowest BCUT2D eigenvalue weighted by atomic mass is 9.81. The first-order valence-corrected chi connectivity index (χ1v) is 9.02. The Morgan fingerprint density at radius 3 is 2.00 bits per heavy atom. The van der Waals surface area contributed by atoms with E-state index >= 15 is 0 Å². The van der Waals surface area contributed by atoms with Crippen molar-refractivity contribution >= 4 is 27.9 Å². The fourth-order valence-corrected chi connectivity index (χ4v) is 4.51. The van der Waals surface area contributed by atoms with Crippen molar-refractivity contribution in [1.29, 1.82) is 0 Å². The second-order valence-electron chi connectivity index (χ2n) is 5.85. The highest BCUT2D eigenvalue weighted by molar-refractivity contribution is 7.89. The molecule has 1 unspecified atom stereocenters. The normalized spacial score (nSPS) is 19.4. The number of rotatable bonds is 4. The summed E-state index contributed by atoms with van der Waals surface area (Å²) < 4.78 is 35.6. The van der Waals surface area contributed by atoms with Gasteiger partial charge in [0.25, 0.3) is 21.3 Å². The summed E-state index contributed by atoms with van der Waals surface area (Å²) in [6, 6.07) is 4.67. The topological polar surface area (TPSA) is 107 Å². The molecular weight excluding hydrogens is 362 g/mol. The van der Waals surface area contributed by atoms with E-state index in [9.17, 15) is 22.8 Å². The van der Waals surface area contributed by atoms with E-state index in [0.717, 1.165) is 19.8 Å². The average molecular weight is 381 g/mol. The zero-order valence-corrected chi connectivity index (χ0v) is 15.6. The maximum absolute atomic E-state index is 13.0. The summed E-state index contributed by atoms with van der Waals surface area (Å²) in [6.07, 6.45) is 0. The first-order valence-electron chi connectivity index (χ1n) is 7.58. The molecule has 1 aliphatic heterocycles. The third-order valence-electron chi connectivity index (χ3n) is 4.42. The number of methoxy groups -OCH3 is 2. The van der Waals surface area contributed by atoms with Crippen LogP contribution in [0.15, 0.2) is 41.3 Å². The first kappa shape index (κ1) is 19.6. The van der Waals surface area contributed by atoms with Crippen LogP contribution in [0.25, 0.3) is 0 Å². The quantitative estimate of drug-likeness (QED) is 0.431. The predicted molar refractivity (Wildman–Crippen MR) is 90.3 cm³/mol. The highest BCUT2D eigenvalue weighted by Crippen LogP contribution is 2.44. The highest BCUT2D eigenvalue weighted by Gasteiger charge is 2.68. The van der Waals surface area contributed by atoms with Crippen molar-refractivity contribution in [3.8, 4) is 0 Å². The highest BCUT2D eigenvalue weighted by atomic mass is 32.2. The summed E-state index contributed by atoms with van der Waals surface area (Å²) in [6.45, 7) is 6.76. The molecule has 0 saturated carbocycles.